The maximum Gasteiger partial charge on any atom is 0.122 e. The van der Waals surface area contributed by atoms with Gasteiger partial charge in [-0.15, -0.1) is 0 Å². The van der Waals surface area contributed by atoms with E-state index in [-0.39, 0.29) is 0 Å². The van der Waals surface area contributed by atoms with Crippen LogP contribution in [-0.4, -0.2) is 19.2 Å². The third-order valence-electron chi connectivity index (χ3n) is 3.67. The maximum atomic E-state index is 6.01. The van der Waals surface area contributed by atoms with Crippen molar-refractivity contribution in [3.05, 3.63) is 29.3 Å². The maximum absolute atomic E-state index is 6.01. The van der Waals surface area contributed by atoms with E-state index in [1.807, 2.05) is 0 Å². The molecular weight excluding hydrogens is 258 g/mol. The van der Waals surface area contributed by atoms with Gasteiger partial charge in [-0.3, -0.25) is 0 Å². The first kappa shape index (κ1) is 18.0. The lowest BCUT2D eigenvalue weighted by atomic mass is 10.0. The highest BCUT2D eigenvalue weighted by Crippen LogP contribution is 2.27. The summed E-state index contributed by atoms with van der Waals surface area (Å²) in [7, 11) is 0. The van der Waals surface area contributed by atoms with Crippen molar-refractivity contribution in [2.45, 2.75) is 72.3 Å². The largest absolute Gasteiger partial charge is 0.493 e. The normalized spacial score (nSPS) is 11.4. The highest BCUT2D eigenvalue weighted by atomic mass is 16.5. The van der Waals surface area contributed by atoms with Crippen LogP contribution < -0.4 is 10.1 Å². The minimum atomic E-state index is 0.516. The number of nitrogens with one attached hydrogen (secondary N) is 1. The molecule has 120 valence electrons. The zero-order chi connectivity index (χ0) is 15.7. The Hall–Kier alpha value is -1.02. The Morgan fingerprint density at radius 1 is 1.00 bits per heavy atom. The molecule has 2 heteroatoms. The standard InChI is InChI=1S/C19H33NO/c1-15(2)18-11-10-17(5)14-19(18)21-13-9-7-6-8-12-20-16(3)4/h10-11,14-16,20H,6-9,12-13H2,1-5H3. The summed E-state index contributed by atoms with van der Waals surface area (Å²) in [6, 6.07) is 7.14. The van der Waals surface area contributed by atoms with E-state index in [2.05, 4.69) is 58.1 Å². The zero-order valence-electron chi connectivity index (χ0n) is 14.5. The Bertz CT molecular complexity index is 399. The van der Waals surface area contributed by atoms with E-state index in [9.17, 15) is 0 Å². The number of rotatable bonds is 10. The van der Waals surface area contributed by atoms with E-state index < -0.39 is 0 Å². The molecule has 0 saturated heterocycles. The molecule has 1 N–H and O–H groups in total. The number of benzene rings is 1. The van der Waals surface area contributed by atoms with Crippen LogP contribution in [0, 0.1) is 6.92 Å². The van der Waals surface area contributed by atoms with Crippen molar-refractivity contribution in [2.24, 2.45) is 0 Å². The summed E-state index contributed by atoms with van der Waals surface area (Å²) in [6.07, 6.45) is 4.95. The van der Waals surface area contributed by atoms with Crippen molar-refractivity contribution in [1.29, 1.82) is 0 Å². The first-order valence-electron chi connectivity index (χ1n) is 8.47. The molecule has 0 unspecified atom stereocenters. The molecule has 0 aliphatic carbocycles. The average molecular weight is 291 g/mol. The Kier molecular flexibility index (Phi) is 8.44. The monoisotopic (exact) mass is 291 g/mol. The minimum absolute atomic E-state index is 0.516. The molecule has 0 aromatic heterocycles. The van der Waals surface area contributed by atoms with E-state index in [4.69, 9.17) is 4.74 Å². The lowest BCUT2D eigenvalue weighted by Crippen LogP contribution is -2.23. The second-order valence-corrected chi connectivity index (χ2v) is 6.57. The third kappa shape index (κ3) is 7.52. The fraction of sp³-hybridized carbons (Fsp3) is 0.684. The molecule has 0 spiro atoms. The van der Waals surface area contributed by atoms with Gasteiger partial charge < -0.3 is 10.1 Å². The first-order valence-corrected chi connectivity index (χ1v) is 8.47. The van der Waals surface area contributed by atoms with Crippen LogP contribution >= 0.6 is 0 Å². The smallest absolute Gasteiger partial charge is 0.122 e. The van der Waals surface area contributed by atoms with Gasteiger partial charge in [0.05, 0.1) is 6.61 Å². The minimum Gasteiger partial charge on any atom is -0.493 e. The molecule has 0 amide bonds. The van der Waals surface area contributed by atoms with Gasteiger partial charge in [-0.1, -0.05) is 52.7 Å². The van der Waals surface area contributed by atoms with E-state index in [1.165, 1.54) is 30.4 Å². The number of hydrogen-bond acceptors (Lipinski definition) is 2. The predicted molar refractivity (Wildman–Crippen MR) is 92.4 cm³/mol. The summed E-state index contributed by atoms with van der Waals surface area (Å²) in [4.78, 5) is 0. The SMILES string of the molecule is Cc1ccc(C(C)C)c(OCCCCCCNC(C)C)c1. The Balaban J connectivity index is 2.22. The van der Waals surface area contributed by atoms with E-state index in [0.29, 0.717) is 12.0 Å². The molecule has 1 aromatic rings. The van der Waals surface area contributed by atoms with Crippen LogP contribution in [-0.2, 0) is 0 Å². The van der Waals surface area contributed by atoms with Gasteiger partial charge in [0, 0.05) is 6.04 Å². The van der Waals surface area contributed by atoms with Gasteiger partial charge in [-0.05, 0) is 49.4 Å². The van der Waals surface area contributed by atoms with Gasteiger partial charge in [0.15, 0.2) is 0 Å². The first-order chi connectivity index (χ1) is 10.0. The van der Waals surface area contributed by atoms with Crippen LogP contribution in [0.3, 0.4) is 0 Å². The lowest BCUT2D eigenvalue weighted by molar-refractivity contribution is 0.300. The quantitative estimate of drug-likeness (QED) is 0.609. The number of hydrogen-bond donors (Lipinski definition) is 1. The number of ether oxygens (including phenoxy) is 1. The number of aryl methyl sites for hydroxylation is 1. The van der Waals surface area contributed by atoms with Crippen molar-refractivity contribution in [3.63, 3.8) is 0 Å². The summed E-state index contributed by atoms with van der Waals surface area (Å²) in [5.74, 6) is 1.59. The van der Waals surface area contributed by atoms with Crippen LogP contribution in [0.1, 0.15) is 70.4 Å². The van der Waals surface area contributed by atoms with Gasteiger partial charge in [0.1, 0.15) is 5.75 Å². The Morgan fingerprint density at radius 3 is 2.38 bits per heavy atom. The van der Waals surface area contributed by atoms with Crippen LogP contribution in [0.5, 0.6) is 5.75 Å². The van der Waals surface area contributed by atoms with E-state index in [1.54, 1.807) is 0 Å². The van der Waals surface area contributed by atoms with Gasteiger partial charge in [-0.25, -0.2) is 0 Å². The highest BCUT2D eigenvalue weighted by molar-refractivity contribution is 5.39. The lowest BCUT2D eigenvalue weighted by Gasteiger charge is -2.15. The molecule has 0 heterocycles. The average Bonchev–Trinajstić information content (AvgIpc) is 2.41. The van der Waals surface area contributed by atoms with E-state index in [0.717, 1.165) is 25.3 Å². The van der Waals surface area contributed by atoms with Gasteiger partial charge in [0.25, 0.3) is 0 Å². The molecule has 0 saturated carbocycles. The van der Waals surface area contributed by atoms with Crippen LogP contribution in [0.2, 0.25) is 0 Å². The molecule has 1 rings (SSSR count). The van der Waals surface area contributed by atoms with Crippen molar-refractivity contribution in [1.82, 2.24) is 5.32 Å². The number of unbranched alkanes of at least 4 members (excludes halogenated alkanes) is 3. The molecule has 0 aliphatic rings. The van der Waals surface area contributed by atoms with Crippen LogP contribution in [0.4, 0.5) is 0 Å². The molecule has 0 atom stereocenters. The summed E-state index contributed by atoms with van der Waals surface area (Å²) in [6.45, 7) is 12.9. The molecule has 0 radical (unpaired) electrons. The second kappa shape index (κ2) is 9.83. The van der Waals surface area contributed by atoms with Crippen molar-refractivity contribution in [2.75, 3.05) is 13.2 Å². The van der Waals surface area contributed by atoms with Crippen molar-refractivity contribution in [3.8, 4) is 5.75 Å². The topological polar surface area (TPSA) is 21.3 Å². The summed E-state index contributed by atoms with van der Waals surface area (Å²) in [5.41, 5.74) is 2.59. The van der Waals surface area contributed by atoms with Crippen molar-refractivity contribution < 1.29 is 4.74 Å². The molecule has 0 bridgehead atoms. The summed E-state index contributed by atoms with van der Waals surface area (Å²) in [5, 5.41) is 3.46. The molecule has 2 nitrogen and oxygen atoms in total. The summed E-state index contributed by atoms with van der Waals surface area (Å²) >= 11 is 0. The predicted octanol–water partition coefficient (Wildman–Crippen LogP) is 5.06. The van der Waals surface area contributed by atoms with Crippen LogP contribution in [0.15, 0.2) is 18.2 Å². The highest BCUT2D eigenvalue weighted by Gasteiger charge is 2.07. The van der Waals surface area contributed by atoms with Crippen molar-refractivity contribution >= 4 is 0 Å². The summed E-state index contributed by atoms with van der Waals surface area (Å²) < 4.78 is 6.01. The third-order valence-corrected chi connectivity index (χ3v) is 3.67. The van der Waals surface area contributed by atoms with Gasteiger partial charge >= 0.3 is 0 Å². The van der Waals surface area contributed by atoms with Crippen LogP contribution in [0.25, 0.3) is 0 Å². The fourth-order valence-electron chi connectivity index (χ4n) is 2.40. The van der Waals surface area contributed by atoms with E-state index >= 15 is 0 Å². The second-order valence-electron chi connectivity index (χ2n) is 6.57. The fourth-order valence-corrected chi connectivity index (χ4v) is 2.40. The Labute approximate surface area is 131 Å². The zero-order valence-corrected chi connectivity index (χ0v) is 14.5. The molecule has 0 fully saturated rings. The van der Waals surface area contributed by atoms with Gasteiger partial charge in [-0.2, -0.15) is 0 Å². The molecular formula is C19H33NO. The molecule has 21 heavy (non-hydrogen) atoms. The van der Waals surface area contributed by atoms with Gasteiger partial charge in [0.2, 0.25) is 0 Å². The molecule has 1 aromatic carbocycles. The molecule has 0 aliphatic heterocycles. The Morgan fingerprint density at radius 2 is 1.71 bits per heavy atom.